The average Bonchev–Trinajstić information content (AvgIpc) is 2.91. The van der Waals surface area contributed by atoms with E-state index in [4.69, 9.17) is 12.2 Å². The number of benzene rings is 3. The molecular weight excluding hydrogens is 438 g/mol. The van der Waals surface area contributed by atoms with E-state index in [1.807, 2.05) is 60.7 Å². The lowest BCUT2D eigenvalue weighted by atomic mass is 9.72. The number of nitrogens with one attached hydrogen (secondary N) is 1. The number of rotatable bonds is 7. The average molecular weight is 474 g/mol. The van der Waals surface area contributed by atoms with Gasteiger partial charge in [-0.3, -0.25) is 0 Å². The Kier molecular flexibility index (Phi) is 7.86. The molecule has 1 heterocycles. The molecule has 1 aliphatic rings. The number of hydrogen-bond donors (Lipinski definition) is 2. The number of piperidine rings is 1. The maximum Gasteiger partial charge on any atom is 0.173 e. The summed E-state index contributed by atoms with van der Waals surface area (Å²) in [7, 11) is 0. The van der Waals surface area contributed by atoms with E-state index in [1.54, 1.807) is 0 Å². The second-order valence-electron chi connectivity index (χ2n) is 8.91. The van der Waals surface area contributed by atoms with Crippen LogP contribution in [-0.2, 0) is 5.60 Å². The van der Waals surface area contributed by atoms with Gasteiger partial charge in [0.15, 0.2) is 5.11 Å². The van der Waals surface area contributed by atoms with Gasteiger partial charge in [-0.25, -0.2) is 0 Å². The van der Waals surface area contributed by atoms with Gasteiger partial charge in [-0.15, -0.1) is 0 Å². The standard InChI is InChI=1S/C29H35N3OS/c1-3-31(4-2)27-17-15-26(16-18-27)30-28(34)32-21-19-25(20-22-32)29(33,23-11-7-5-8-12-23)24-13-9-6-10-14-24/h5-18,25,33H,3-4,19-22H2,1-2H3,(H,30,34). The highest BCUT2D eigenvalue weighted by molar-refractivity contribution is 7.80. The molecule has 4 rings (SSSR count). The summed E-state index contributed by atoms with van der Waals surface area (Å²) in [6.45, 7) is 7.96. The lowest BCUT2D eigenvalue weighted by Crippen LogP contribution is -2.47. The Labute approximate surface area is 209 Å². The topological polar surface area (TPSA) is 38.7 Å². The van der Waals surface area contributed by atoms with E-state index in [9.17, 15) is 5.11 Å². The number of thiocarbonyl (C=S) groups is 1. The molecule has 34 heavy (non-hydrogen) atoms. The van der Waals surface area contributed by atoms with Crippen molar-refractivity contribution in [3.8, 4) is 0 Å². The Bertz CT molecular complexity index is 1000. The van der Waals surface area contributed by atoms with Crippen LogP contribution in [0.1, 0.15) is 37.8 Å². The molecule has 0 atom stereocenters. The highest BCUT2D eigenvalue weighted by Crippen LogP contribution is 2.42. The first-order valence-electron chi connectivity index (χ1n) is 12.3. The molecule has 0 bridgehead atoms. The van der Waals surface area contributed by atoms with Crippen molar-refractivity contribution in [3.63, 3.8) is 0 Å². The molecule has 0 aromatic heterocycles. The highest BCUT2D eigenvalue weighted by Gasteiger charge is 2.41. The van der Waals surface area contributed by atoms with E-state index in [0.29, 0.717) is 0 Å². The minimum Gasteiger partial charge on any atom is -0.380 e. The van der Waals surface area contributed by atoms with Crippen LogP contribution in [0.2, 0.25) is 0 Å². The van der Waals surface area contributed by atoms with Crippen LogP contribution in [0.25, 0.3) is 0 Å². The largest absolute Gasteiger partial charge is 0.380 e. The zero-order valence-corrected chi connectivity index (χ0v) is 21.0. The van der Waals surface area contributed by atoms with Crippen molar-refractivity contribution in [3.05, 3.63) is 96.1 Å². The summed E-state index contributed by atoms with van der Waals surface area (Å²) in [6, 6.07) is 28.6. The molecule has 2 N–H and O–H groups in total. The molecule has 5 heteroatoms. The number of nitrogens with zero attached hydrogens (tertiary/aromatic N) is 2. The maximum absolute atomic E-state index is 12.1. The van der Waals surface area contributed by atoms with E-state index in [2.05, 4.69) is 53.2 Å². The van der Waals surface area contributed by atoms with Crippen LogP contribution in [0.5, 0.6) is 0 Å². The van der Waals surface area contributed by atoms with E-state index in [-0.39, 0.29) is 5.92 Å². The monoisotopic (exact) mass is 473 g/mol. The third kappa shape index (κ3) is 5.11. The fourth-order valence-corrected chi connectivity index (χ4v) is 5.37. The van der Waals surface area contributed by atoms with Crippen molar-refractivity contribution in [1.29, 1.82) is 0 Å². The Morgan fingerprint density at radius 3 is 1.85 bits per heavy atom. The van der Waals surface area contributed by atoms with Gasteiger partial charge in [0.05, 0.1) is 0 Å². The Morgan fingerprint density at radius 2 is 1.38 bits per heavy atom. The number of anilines is 2. The summed E-state index contributed by atoms with van der Waals surface area (Å²) in [5, 5.41) is 16.2. The van der Waals surface area contributed by atoms with Gasteiger partial charge in [0.25, 0.3) is 0 Å². The lowest BCUT2D eigenvalue weighted by molar-refractivity contribution is -0.00631. The van der Waals surface area contributed by atoms with Crippen LogP contribution in [0.4, 0.5) is 11.4 Å². The first kappa shape index (κ1) is 24.2. The molecule has 3 aromatic carbocycles. The smallest absolute Gasteiger partial charge is 0.173 e. The molecule has 0 unspecified atom stereocenters. The Hall–Kier alpha value is -2.89. The summed E-state index contributed by atoms with van der Waals surface area (Å²) in [5.74, 6) is 0.115. The molecule has 178 valence electrons. The van der Waals surface area contributed by atoms with Crippen LogP contribution in [0.15, 0.2) is 84.9 Å². The maximum atomic E-state index is 12.1. The fourth-order valence-electron chi connectivity index (χ4n) is 5.07. The molecule has 4 nitrogen and oxygen atoms in total. The third-order valence-electron chi connectivity index (χ3n) is 7.05. The highest BCUT2D eigenvalue weighted by atomic mass is 32.1. The van der Waals surface area contributed by atoms with Gasteiger partial charge < -0.3 is 20.2 Å². The third-order valence-corrected chi connectivity index (χ3v) is 7.41. The van der Waals surface area contributed by atoms with Crippen LogP contribution in [0.3, 0.4) is 0 Å². The summed E-state index contributed by atoms with van der Waals surface area (Å²) >= 11 is 5.75. The molecule has 1 aliphatic heterocycles. The zero-order valence-electron chi connectivity index (χ0n) is 20.2. The summed E-state index contributed by atoms with van der Waals surface area (Å²) in [5.41, 5.74) is 3.13. The molecule has 0 radical (unpaired) electrons. The Balaban J connectivity index is 1.43. The van der Waals surface area contributed by atoms with Crippen molar-refractivity contribution in [2.45, 2.75) is 32.3 Å². The zero-order chi connectivity index (χ0) is 24.0. The fraction of sp³-hybridized carbons (Fsp3) is 0.345. The Morgan fingerprint density at radius 1 is 0.882 bits per heavy atom. The minimum atomic E-state index is -1.01. The quantitative estimate of drug-likeness (QED) is 0.420. The van der Waals surface area contributed by atoms with E-state index >= 15 is 0 Å². The molecule has 3 aromatic rings. The normalized spacial score (nSPS) is 14.6. The van der Waals surface area contributed by atoms with Crippen molar-refractivity contribution in [2.24, 2.45) is 5.92 Å². The van der Waals surface area contributed by atoms with E-state index in [0.717, 1.165) is 60.9 Å². The van der Waals surface area contributed by atoms with Gasteiger partial charge in [-0.2, -0.15) is 0 Å². The van der Waals surface area contributed by atoms with Crippen LogP contribution < -0.4 is 10.2 Å². The number of aliphatic hydroxyl groups is 1. The molecule has 0 amide bonds. The van der Waals surface area contributed by atoms with Gasteiger partial charge in [0.1, 0.15) is 5.60 Å². The number of hydrogen-bond acceptors (Lipinski definition) is 3. The van der Waals surface area contributed by atoms with Crippen LogP contribution in [0, 0.1) is 5.92 Å². The second kappa shape index (κ2) is 11.0. The van der Waals surface area contributed by atoms with Gasteiger partial charge >= 0.3 is 0 Å². The molecular formula is C29H35N3OS. The van der Waals surface area contributed by atoms with Gasteiger partial charge in [0.2, 0.25) is 0 Å². The lowest BCUT2D eigenvalue weighted by Gasteiger charge is -2.43. The van der Waals surface area contributed by atoms with Crippen molar-refractivity contribution in [2.75, 3.05) is 36.4 Å². The first-order valence-corrected chi connectivity index (χ1v) is 12.7. The first-order chi connectivity index (χ1) is 16.6. The number of likely N-dealkylation sites (tertiary alicyclic amines) is 1. The summed E-state index contributed by atoms with van der Waals surface area (Å²) in [4.78, 5) is 4.55. The van der Waals surface area contributed by atoms with E-state index in [1.165, 1.54) is 5.69 Å². The SMILES string of the molecule is CCN(CC)c1ccc(NC(=S)N2CCC(C(O)(c3ccccc3)c3ccccc3)CC2)cc1. The summed E-state index contributed by atoms with van der Waals surface area (Å²) < 4.78 is 0. The van der Waals surface area contributed by atoms with Gasteiger partial charge in [-0.1, -0.05) is 60.7 Å². The van der Waals surface area contributed by atoms with Gasteiger partial charge in [0, 0.05) is 37.6 Å². The van der Waals surface area contributed by atoms with Crippen LogP contribution in [-0.4, -0.2) is 41.3 Å². The van der Waals surface area contributed by atoms with Gasteiger partial charge in [-0.05, 0) is 80.2 Å². The molecule has 1 fully saturated rings. The van der Waals surface area contributed by atoms with Crippen molar-refractivity contribution >= 4 is 28.7 Å². The second-order valence-corrected chi connectivity index (χ2v) is 9.30. The van der Waals surface area contributed by atoms with E-state index < -0.39 is 5.60 Å². The minimum absolute atomic E-state index is 0.115. The predicted molar refractivity (Wildman–Crippen MR) is 146 cm³/mol. The van der Waals surface area contributed by atoms with Crippen LogP contribution >= 0.6 is 12.2 Å². The predicted octanol–water partition coefficient (Wildman–Crippen LogP) is 5.88. The molecule has 1 saturated heterocycles. The van der Waals surface area contributed by atoms with Crippen molar-refractivity contribution in [1.82, 2.24) is 4.90 Å². The molecule has 0 aliphatic carbocycles. The molecule has 0 spiro atoms. The molecule has 0 saturated carbocycles. The van der Waals surface area contributed by atoms with Crippen molar-refractivity contribution < 1.29 is 5.11 Å². The summed E-state index contributed by atoms with van der Waals surface area (Å²) in [6.07, 6.45) is 1.73.